The molecule has 0 spiro atoms. The third-order valence-electron chi connectivity index (χ3n) is 2.69. The zero-order valence-corrected chi connectivity index (χ0v) is 9.62. The molecule has 16 heavy (non-hydrogen) atoms. The van der Waals surface area contributed by atoms with Crippen LogP contribution in [0.2, 0.25) is 0 Å². The SMILES string of the molecule is COCC(C)NC(=O)c1cn[nH]c1C1CC1. The minimum Gasteiger partial charge on any atom is -0.383 e. The number of nitrogens with one attached hydrogen (secondary N) is 2. The van der Waals surface area contributed by atoms with Gasteiger partial charge in [0, 0.05) is 19.1 Å². The van der Waals surface area contributed by atoms with Gasteiger partial charge in [-0.15, -0.1) is 0 Å². The third kappa shape index (κ3) is 2.41. The fourth-order valence-electron chi connectivity index (χ4n) is 1.75. The third-order valence-corrected chi connectivity index (χ3v) is 2.69. The van der Waals surface area contributed by atoms with Crippen molar-refractivity contribution in [3.8, 4) is 0 Å². The summed E-state index contributed by atoms with van der Waals surface area (Å²) >= 11 is 0. The Morgan fingerprint density at radius 2 is 2.50 bits per heavy atom. The van der Waals surface area contributed by atoms with Crippen LogP contribution in [-0.2, 0) is 4.74 Å². The van der Waals surface area contributed by atoms with Crippen LogP contribution in [0.15, 0.2) is 6.20 Å². The first kappa shape index (κ1) is 11.1. The molecule has 0 bridgehead atoms. The molecule has 5 heteroatoms. The van der Waals surface area contributed by atoms with Gasteiger partial charge in [0.1, 0.15) is 0 Å². The largest absolute Gasteiger partial charge is 0.383 e. The minimum atomic E-state index is -0.0693. The van der Waals surface area contributed by atoms with E-state index in [1.165, 1.54) is 0 Å². The van der Waals surface area contributed by atoms with Crippen molar-refractivity contribution in [1.82, 2.24) is 15.5 Å². The first-order chi connectivity index (χ1) is 7.72. The summed E-state index contributed by atoms with van der Waals surface area (Å²) in [6.07, 6.45) is 3.90. The number of aromatic nitrogens is 2. The summed E-state index contributed by atoms with van der Waals surface area (Å²) in [5.41, 5.74) is 1.65. The maximum Gasteiger partial charge on any atom is 0.255 e. The number of hydrogen-bond acceptors (Lipinski definition) is 3. The monoisotopic (exact) mass is 223 g/mol. The molecule has 0 aliphatic heterocycles. The first-order valence-corrected chi connectivity index (χ1v) is 5.55. The number of carbonyl (C=O) groups excluding carboxylic acids is 1. The average molecular weight is 223 g/mol. The van der Waals surface area contributed by atoms with E-state index in [0.717, 1.165) is 18.5 Å². The van der Waals surface area contributed by atoms with Gasteiger partial charge in [0.05, 0.1) is 24.1 Å². The Hall–Kier alpha value is -1.36. The van der Waals surface area contributed by atoms with E-state index in [4.69, 9.17) is 4.74 Å². The fourth-order valence-corrected chi connectivity index (χ4v) is 1.75. The first-order valence-electron chi connectivity index (χ1n) is 5.55. The number of hydrogen-bond donors (Lipinski definition) is 2. The molecule has 1 aliphatic carbocycles. The summed E-state index contributed by atoms with van der Waals surface area (Å²) in [5, 5.41) is 9.73. The maximum atomic E-state index is 11.9. The molecule has 1 aromatic rings. The zero-order chi connectivity index (χ0) is 11.5. The van der Waals surface area contributed by atoms with Crippen LogP contribution in [0, 0.1) is 0 Å². The predicted molar refractivity (Wildman–Crippen MR) is 59.4 cm³/mol. The highest BCUT2D eigenvalue weighted by molar-refractivity contribution is 5.95. The fraction of sp³-hybridized carbons (Fsp3) is 0.636. The molecule has 1 heterocycles. The topological polar surface area (TPSA) is 67.0 Å². The van der Waals surface area contributed by atoms with Gasteiger partial charge in [0.2, 0.25) is 0 Å². The van der Waals surface area contributed by atoms with Crippen molar-refractivity contribution in [3.63, 3.8) is 0 Å². The molecule has 0 saturated heterocycles. The average Bonchev–Trinajstić information content (AvgIpc) is 2.96. The van der Waals surface area contributed by atoms with Crippen LogP contribution >= 0.6 is 0 Å². The number of carbonyl (C=O) groups is 1. The van der Waals surface area contributed by atoms with Crippen LogP contribution in [0.5, 0.6) is 0 Å². The van der Waals surface area contributed by atoms with Crippen LogP contribution < -0.4 is 5.32 Å². The second kappa shape index (κ2) is 4.65. The Bertz CT molecular complexity index is 371. The lowest BCUT2D eigenvalue weighted by molar-refractivity contribution is 0.0904. The van der Waals surface area contributed by atoms with Gasteiger partial charge < -0.3 is 10.1 Å². The normalized spacial score (nSPS) is 17.1. The molecule has 1 aliphatic rings. The number of rotatable bonds is 5. The number of aromatic amines is 1. The van der Waals surface area contributed by atoms with Gasteiger partial charge in [-0.2, -0.15) is 5.10 Å². The molecular formula is C11H17N3O2. The summed E-state index contributed by atoms with van der Waals surface area (Å²) in [5.74, 6) is 0.432. The molecular weight excluding hydrogens is 206 g/mol. The number of H-pyrrole nitrogens is 1. The predicted octanol–water partition coefficient (Wildman–Crippen LogP) is 1.05. The Morgan fingerprint density at radius 1 is 1.75 bits per heavy atom. The quantitative estimate of drug-likeness (QED) is 0.784. The van der Waals surface area contributed by atoms with E-state index in [0.29, 0.717) is 18.1 Å². The number of methoxy groups -OCH3 is 1. The summed E-state index contributed by atoms with van der Waals surface area (Å²) < 4.78 is 4.97. The summed E-state index contributed by atoms with van der Waals surface area (Å²) in [6, 6.07) is 0.0134. The van der Waals surface area contributed by atoms with Gasteiger partial charge in [-0.05, 0) is 19.8 Å². The lowest BCUT2D eigenvalue weighted by Crippen LogP contribution is -2.35. The Morgan fingerprint density at radius 3 is 3.12 bits per heavy atom. The molecule has 2 N–H and O–H groups in total. The summed E-state index contributed by atoms with van der Waals surface area (Å²) in [4.78, 5) is 11.9. The van der Waals surface area contributed by atoms with E-state index in [-0.39, 0.29) is 11.9 Å². The van der Waals surface area contributed by atoms with Crippen molar-refractivity contribution >= 4 is 5.91 Å². The van der Waals surface area contributed by atoms with Crippen LogP contribution in [0.4, 0.5) is 0 Å². The van der Waals surface area contributed by atoms with E-state index in [1.807, 2.05) is 6.92 Å². The van der Waals surface area contributed by atoms with Crippen LogP contribution in [-0.4, -0.2) is 35.9 Å². The van der Waals surface area contributed by atoms with E-state index in [1.54, 1.807) is 13.3 Å². The molecule has 1 atom stereocenters. The molecule has 0 radical (unpaired) electrons. The Labute approximate surface area is 94.6 Å². The molecule has 1 unspecified atom stereocenters. The number of ether oxygens (including phenoxy) is 1. The highest BCUT2D eigenvalue weighted by atomic mass is 16.5. The summed E-state index contributed by atoms with van der Waals surface area (Å²) in [7, 11) is 1.62. The lowest BCUT2D eigenvalue weighted by Gasteiger charge is -2.12. The summed E-state index contributed by atoms with van der Waals surface area (Å²) in [6.45, 7) is 2.43. The Kier molecular flexibility index (Phi) is 3.24. The molecule has 1 amide bonds. The van der Waals surface area contributed by atoms with Gasteiger partial charge in [0.15, 0.2) is 0 Å². The van der Waals surface area contributed by atoms with Crippen molar-refractivity contribution < 1.29 is 9.53 Å². The number of amides is 1. The van der Waals surface area contributed by atoms with E-state index < -0.39 is 0 Å². The number of nitrogens with zero attached hydrogens (tertiary/aromatic N) is 1. The zero-order valence-electron chi connectivity index (χ0n) is 9.62. The van der Waals surface area contributed by atoms with Crippen molar-refractivity contribution in [3.05, 3.63) is 17.5 Å². The van der Waals surface area contributed by atoms with Gasteiger partial charge >= 0.3 is 0 Å². The molecule has 2 rings (SSSR count). The second-order valence-electron chi connectivity index (χ2n) is 4.30. The molecule has 1 fully saturated rings. The van der Waals surface area contributed by atoms with Gasteiger partial charge in [0.25, 0.3) is 5.91 Å². The van der Waals surface area contributed by atoms with Crippen molar-refractivity contribution in [2.24, 2.45) is 0 Å². The van der Waals surface area contributed by atoms with Crippen LogP contribution in [0.1, 0.15) is 41.7 Å². The molecule has 1 aromatic heterocycles. The van der Waals surface area contributed by atoms with Crippen molar-refractivity contribution in [1.29, 1.82) is 0 Å². The van der Waals surface area contributed by atoms with Gasteiger partial charge in [-0.1, -0.05) is 0 Å². The van der Waals surface area contributed by atoms with E-state index in [9.17, 15) is 4.79 Å². The second-order valence-corrected chi connectivity index (χ2v) is 4.30. The minimum absolute atomic E-state index is 0.0134. The lowest BCUT2D eigenvalue weighted by atomic mass is 10.1. The molecule has 5 nitrogen and oxygen atoms in total. The smallest absolute Gasteiger partial charge is 0.255 e. The highest BCUT2D eigenvalue weighted by Crippen LogP contribution is 2.40. The van der Waals surface area contributed by atoms with Gasteiger partial charge in [-0.25, -0.2) is 0 Å². The van der Waals surface area contributed by atoms with E-state index >= 15 is 0 Å². The molecule has 88 valence electrons. The Balaban J connectivity index is 2.00. The molecule has 0 aromatic carbocycles. The molecule has 1 saturated carbocycles. The van der Waals surface area contributed by atoms with Crippen molar-refractivity contribution in [2.45, 2.75) is 31.7 Å². The van der Waals surface area contributed by atoms with Crippen LogP contribution in [0.3, 0.4) is 0 Å². The highest BCUT2D eigenvalue weighted by Gasteiger charge is 2.30. The van der Waals surface area contributed by atoms with E-state index in [2.05, 4.69) is 15.5 Å². The maximum absolute atomic E-state index is 11.9. The van der Waals surface area contributed by atoms with Crippen LogP contribution in [0.25, 0.3) is 0 Å². The van der Waals surface area contributed by atoms with Crippen molar-refractivity contribution in [2.75, 3.05) is 13.7 Å². The van der Waals surface area contributed by atoms with Gasteiger partial charge in [-0.3, -0.25) is 9.89 Å². The standard InChI is InChI=1S/C11H17N3O2/c1-7(6-16-2)13-11(15)9-5-12-14-10(9)8-3-4-8/h5,7-8H,3-4,6H2,1-2H3,(H,12,14)(H,13,15).